The minimum Gasteiger partial charge on any atom is -0.497 e. The summed E-state index contributed by atoms with van der Waals surface area (Å²) in [4.78, 5) is 26.1. The van der Waals surface area contributed by atoms with Crippen LogP contribution in [-0.2, 0) is 22.7 Å². The molecule has 0 saturated carbocycles. The predicted molar refractivity (Wildman–Crippen MR) is 107 cm³/mol. The maximum atomic E-state index is 12.5. The summed E-state index contributed by atoms with van der Waals surface area (Å²) >= 11 is 12.0. The summed E-state index contributed by atoms with van der Waals surface area (Å²) in [6, 6.07) is 11.8. The van der Waals surface area contributed by atoms with Crippen LogP contribution in [0.1, 0.15) is 25.0 Å². The monoisotopic (exact) mass is 408 g/mol. The number of hydrogen-bond acceptors (Lipinski definition) is 3. The van der Waals surface area contributed by atoms with Crippen LogP contribution in [0, 0.1) is 0 Å². The van der Waals surface area contributed by atoms with E-state index in [2.05, 4.69) is 5.32 Å². The maximum absolute atomic E-state index is 12.5. The molecule has 5 nitrogen and oxygen atoms in total. The molecule has 0 bridgehead atoms. The van der Waals surface area contributed by atoms with Crippen LogP contribution < -0.4 is 10.1 Å². The molecule has 0 aliphatic rings. The van der Waals surface area contributed by atoms with Gasteiger partial charge in [0.15, 0.2) is 0 Å². The van der Waals surface area contributed by atoms with Crippen molar-refractivity contribution in [1.29, 1.82) is 0 Å². The zero-order valence-corrected chi connectivity index (χ0v) is 17.0. The Bertz CT molecular complexity index is 809. The van der Waals surface area contributed by atoms with Gasteiger partial charge in [-0.05, 0) is 42.3 Å². The van der Waals surface area contributed by atoms with Crippen LogP contribution in [0.5, 0.6) is 5.75 Å². The van der Waals surface area contributed by atoms with Crippen molar-refractivity contribution in [1.82, 2.24) is 10.2 Å². The summed E-state index contributed by atoms with van der Waals surface area (Å²) in [5, 5.41) is 3.83. The normalized spacial score (nSPS) is 11.6. The lowest BCUT2D eigenvalue weighted by Gasteiger charge is -2.27. The molecule has 144 valence electrons. The van der Waals surface area contributed by atoms with Gasteiger partial charge in [0.05, 0.1) is 7.11 Å². The molecule has 0 fully saturated rings. The van der Waals surface area contributed by atoms with Crippen LogP contribution in [0.3, 0.4) is 0 Å². The van der Waals surface area contributed by atoms with Gasteiger partial charge < -0.3 is 15.0 Å². The lowest BCUT2D eigenvalue weighted by molar-refractivity contribution is -0.139. The SMILES string of the molecule is COc1ccc(CN(C(C)=O)[C@H](C)C(=O)NCc2ccc(Cl)cc2Cl)cc1. The standard InChI is InChI=1S/C20H22Cl2N2O3/c1-13(20(26)23-11-16-6-7-17(21)10-19(16)22)24(14(2)25)12-15-4-8-18(27-3)9-5-15/h4-10,13H,11-12H2,1-3H3,(H,23,26)/t13-/m1/s1. The van der Waals surface area contributed by atoms with Gasteiger partial charge in [0.2, 0.25) is 11.8 Å². The second-order valence-electron chi connectivity index (χ2n) is 6.12. The fraction of sp³-hybridized carbons (Fsp3) is 0.300. The minimum atomic E-state index is -0.629. The van der Waals surface area contributed by atoms with Crippen molar-refractivity contribution in [3.05, 3.63) is 63.6 Å². The number of benzene rings is 2. The first-order chi connectivity index (χ1) is 12.8. The van der Waals surface area contributed by atoms with Gasteiger partial charge in [-0.15, -0.1) is 0 Å². The number of halogens is 2. The Morgan fingerprint density at radius 2 is 1.81 bits per heavy atom. The van der Waals surface area contributed by atoms with Gasteiger partial charge in [-0.25, -0.2) is 0 Å². The largest absolute Gasteiger partial charge is 0.497 e. The Hall–Kier alpha value is -2.24. The number of carbonyl (C=O) groups excluding carboxylic acids is 2. The zero-order chi connectivity index (χ0) is 20.0. The molecular formula is C20H22Cl2N2O3. The van der Waals surface area contributed by atoms with Crippen LogP contribution in [0.4, 0.5) is 0 Å². The summed E-state index contributed by atoms with van der Waals surface area (Å²) in [6.45, 7) is 3.73. The molecule has 2 amide bonds. The van der Waals surface area contributed by atoms with Crippen molar-refractivity contribution in [3.8, 4) is 5.75 Å². The maximum Gasteiger partial charge on any atom is 0.242 e. The molecule has 0 unspecified atom stereocenters. The fourth-order valence-corrected chi connectivity index (χ4v) is 3.06. The number of carbonyl (C=O) groups is 2. The number of hydrogen-bond donors (Lipinski definition) is 1. The fourth-order valence-electron chi connectivity index (χ4n) is 2.59. The second kappa shape index (κ2) is 9.62. The highest BCUT2D eigenvalue weighted by Gasteiger charge is 2.23. The highest BCUT2D eigenvalue weighted by atomic mass is 35.5. The van der Waals surface area contributed by atoms with E-state index in [1.165, 1.54) is 11.8 Å². The summed E-state index contributed by atoms with van der Waals surface area (Å²) in [5.74, 6) is 0.293. The topological polar surface area (TPSA) is 58.6 Å². The first-order valence-electron chi connectivity index (χ1n) is 8.43. The van der Waals surface area contributed by atoms with Gasteiger partial charge in [0, 0.05) is 30.1 Å². The van der Waals surface area contributed by atoms with Gasteiger partial charge in [-0.3, -0.25) is 9.59 Å². The summed E-state index contributed by atoms with van der Waals surface area (Å²) in [6.07, 6.45) is 0. The first kappa shape index (κ1) is 21.1. The van der Waals surface area contributed by atoms with Crippen LogP contribution in [-0.4, -0.2) is 29.9 Å². The van der Waals surface area contributed by atoms with Gasteiger partial charge in [0.1, 0.15) is 11.8 Å². The molecule has 2 aromatic rings. The number of ether oxygens (including phenoxy) is 1. The molecule has 7 heteroatoms. The predicted octanol–water partition coefficient (Wildman–Crippen LogP) is 4.06. The molecule has 2 rings (SSSR count). The number of methoxy groups -OCH3 is 1. The summed E-state index contributed by atoms with van der Waals surface area (Å²) in [5.41, 5.74) is 1.66. The van der Waals surface area contributed by atoms with Gasteiger partial charge in [-0.2, -0.15) is 0 Å². The molecule has 0 aliphatic carbocycles. The Labute approximate surface area is 169 Å². The summed E-state index contributed by atoms with van der Waals surface area (Å²) < 4.78 is 5.13. The average molecular weight is 409 g/mol. The van der Waals surface area contributed by atoms with E-state index in [1.54, 1.807) is 32.2 Å². The third-order valence-electron chi connectivity index (χ3n) is 4.23. The van der Waals surface area contributed by atoms with E-state index in [1.807, 2.05) is 24.3 Å². The third-order valence-corrected chi connectivity index (χ3v) is 4.82. The molecule has 0 saturated heterocycles. The van der Waals surface area contributed by atoms with E-state index in [4.69, 9.17) is 27.9 Å². The minimum absolute atomic E-state index is 0.182. The van der Waals surface area contributed by atoms with Crippen molar-refractivity contribution in [2.24, 2.45) is 0 Å². The van der Waals surface area contributed by atoms with E-state index in [0.29, 0.717) is 16.6 Å². The highest BCUT2D eigenvalue weighted by molar-refractivity contribution is 6.35. The third kappa shape index (κ3) is 5.88. The van der Waals surface area contributed by atoms with Gasteiger partial charge in [0.25, 0.3) is 0 Å². The molecule has 1 N–H and O–H groups in total. The highest BCUT2D eigenvalue weighted by Crippen LogP contribution is 2.21. The molecule has 0 aromatic heterocycles. The molecule has 0 radical (unpaired) electrons. The van der Waals surface area contributed by atoms with E-state index in [0.717, 1.165) is 16.9 Å². The molecular weight excluding hydrogens is 387 g/mol. The van der Waals surface area contributed by atoms with E-state index in [-0.39, 0.29) is 18.4 Å². The zero-order valence-electron chi connectivity index (χ0n) is 15.5. The lowest BCUT2D eigenvalue weighted by atomic mass is 10.1. The van der Waals surface area contributed by atoms with Crippen molar-refractivity contribution in [2.75, 3.05) is 7.11 Å². The molecule has 1 atom stereocenters. The second-order valence-corrected chi connectivity index (χ2v) is 6.97. The van der Waals surface area contributed by atoms with E-state index in [9.17, 15) is 9.59 Å². The molecule has 27 heavy (non-hydrogen) atoms. The number of nitrogens with zero attached hydrogens (tertiary/aromatic N) is 1. The number of nitrogens with one attached hydrogen (secondary N) is 1. The van der Waals surface area contributed by atoms with Crippen molar-refractivity contribution < 1.29 is 14.3 Å². The Morgan fingerprint density at radius 3 is 2.37 bits per heavy atom. The number of rotatable bonds is 7. The van der Waals surface area contributed by atoms with Crippen LogP contribution in [0.2, 0.25) is 10.0 Å². The molecule has 0 heterocycles. The number of amides is 2. The molecule has 2 aromatic carbocycles. The van der Waals surface area contributed by atoms with Crippen LogP contribution in [0.25, 0.3) is 0 Å². The quantitative estimate of drug-likeness (QED) is 0.751. The smallest absolute Gasteiger partial charge is 0.242 e. The Morgan fingerprint density at radius 1 is 1.15 bits per heavy atom. The molecule has 0 spiro atoms. The van der Waals surface area contributed by atoms with Crippen LogP contribution in [0.15, 0.2) is 42.5 Å². The molecule has 0 aliphatic heterocycles. The van der Waals surface area contributed by atoms with Crippen LogP contribution >= 0.6 is 23.2 Å². The van der Waals surface area contributed by atoms with Gasteiger partial charge in [-0.1, -0.05) is 41.4 Å². The Balaban J connectivity index is 2.02. The first-order valence-corrected chi connectivity index (χ1v) is 9.19. The van der Waals surface area contributed by atoms with Crippen molar-refractivity contribution in [3.63, 3.8) is 0 Å². The van der Waals surface area contributed by atoms with Crippen molar-refractivity contribution in [2.45, 2.75) is 33.0 Å². The van der Waals surface area contributed by atoms with E-state index >= 15 is 0 Å². The lowest BCUT2D eigenvalue weighted by Crippen LogP contribution is -2.46. The van der Waals surface area contributed by atoms with E-state index < -0.39 is 6.04 Å². The Kier molecular flexibility index (Phi) is 7.51. The van der Waals surface area contributed by atoms with Crippen molar-refractivity contribution >= 4 is 35.0 Å². The van der Waals surface area contributed by atoms with Gasteiger partial charge >= 0.3 is 0 Å². The average Bonchev–Trinajstić information content (AvgIpc) is 2.64. The summed E-state index contributed by atoms with van der Waals surface area (Å²) in [7, 11) is 1.59.